The Morgan fingerprint density at radius 1 is 1.12 bits per heavy atom. The lowest BCUT2D eigenvalue weighted by molar-refractivity contribution is -0.123. The largest absolute Gasteiger partial charge is 0.372 e. The molecule has 0 aliphatic carbocycles. The molecule has 0 fully saturated rings. The second kappa shape index (κ2) is 10.1. The molecular formula is C25H29N7O. The van der Waals surface area contributed by atoms with Crippen molar-refractivity contribution in [2.75, 3.05) is 23.3 Å². The number of amides is 1. The lowest BCUT2D eigenvalue weighted by Crippen LogP contribution is -2.28. The van der Waals surface area contributed by atoms with Crippen LogP contribution in [-0.2, 0) is 4.79 Å². The van der Waals surface area contributed by atoms with Crippen LogP contribution < -0.4 is 10.2 Å². The number of anilines is 2. The summed E-state index contributed by atoms with van der Waals surface area (Å²) >= 11 is 0. The van der Waals surface area contributed by atoms with Gasteiger partial charge in [-0.1, -0.05) is 39.0 Å². The van der Waals surface area contributed by atoms with E-state index in [1.165, 1.54) is 6.20 Å². The van der Waals surface area contributed by atoms with Crippen LogP contribution in [0.5, 0.6) is 0 Å². The van der Waals surface area contributed by atoms with Crippen LogP contribution in [0.15, 0.2) is 65.0 Å². The highest BCUT2D eigenvalue weighted by Gasteiger charge is 2.23. The minimum atomic E-state index is -0.570. The van der Waals surface area contributed by atoms with Crippen LogP contribution in [0.1, 0.15) is 40.2 Å². The van der Waals surface area contributed by atoms with E-state index in [-0.39, 0.29) is 5.91 Å². The van der Waals surface area contributed by atoms with Gasteiger partial charge in [0.2, 0.25) is 5.91 Å². The molecule has 0 spiro atoms. The second-order valence-electron chi connectivity index (χ2n) is 8.52. The molecule has 8 heteroatoms. The fourth-order valence-electron chi connectivity index (χ4n) is 3.18. The quantitative estimate of drug-likeness (QED) is 0.453. The number of para-hydroxylation sites is 1. The molecule has 0 atom stereocenters. The molecule has 1 amide bonds. The van der Waals surface area contributed by atoms with Gasteiger partial charge in [-0.25, -0.2) is 4.68 Å². The van der Waals surface area contributed by atoms with Crippen molar-refractivity contribution in [1.29, 1.82) is 5.26 Å². The summed E-state index contributed by atoms with van der Waals surface area (Å²) in [6, 6.07) is 17.2. The van der Waals surface area contributed by atoms with Gasteiger partial charge in [0, 0.05) is 24.2 Å². The van der Waals surface area contributed by atoms with Crippen LogP contribution in [-0.4, -0.2) is 28.8 Å². The summed E-state index contributed by atoms with van der Waals surface area (Å²) in [7, 11) is 0. The number of hydrogen-bond donors (Lipinski definition) is 1. The number of nitrogens with zero attached hydrogens (tertiary/aromatic N) is 6. The molecule has 3 aromatic rings. The summed E-state index contributed by atoms with van der Waals surface area (Å²) in [6.45, 7) is 11.4. The third kappa shape index (κ3) is 5.44. The van der Waals surface area contributed by atoms with Gasteiger partial charge in [0.05, 0.1) is 17.6 Å². The number of nitriles is 1. The van der Waals surface area contributed by atoms with Gasteiger partial charge in [0.1, 0.15) is 17.3 Å². The number of nitrogens with one attached hydrogen (secondary N) is 1. The van der Waals surface area contributed by atoms with Gasteiger partial charge in [-0.2, -0.15) is 10.4 Å². The van der Waals surface area contributed by atoms with Crippen molar-refractivity contribution in [3.8, 4) is 11.8 Å². The molecule has 1 N–H and O–H groups in total. The van der Waals surface area contributed by atoms with E-state index in [2.05, 4.69) is 45.5 Å². The second-order valence-corrected chi connectivity index (χ2v) is 8.52. The highest BCUT2D eigenvalue weighted by molar-refractivity contribution is 5.97. The maximum Gasteiger partial charge on any atom is 0.229 e. The van der Waals surface area contributed by atoms with E-state index in [0.717, 1.165) is 24.5 Å². The Kier molecular flexibility index (Phi) is 7.23. The van der Waals surface area contributed by atoms with Crippen LogP contribution in [0.25, 0.3) is 5.69 Å². The molecule has 0 aliphatic heterocycles. The van der Waals surface area contributed by atoms with Crippen molar-refractivity contribution >= 4 is 28.8 Å². The van der Waals surface area contributed by atoms with Crippen LogP contribution >= 0.6 is 0 Å². The van der Waals surface area contributed by atoms with Gasteiger partial charge in [-0.15, -0.1) is 10.2 Å². The van der Waals surface area contributed by atoms with Gasteiger partial charge in [-0.05, 0) is 44.2 Å². The van der Waals surface area contributed by atoms with Crippen molar-refractivity contribution in [3.63, 3.8) is 0 Å². The average molecular weight is 444 g/mol. The third-order valence-corrected chi connectivity index (χ3v) is 5.16. The molecule has 0 saturated carbocycles. The lowest BCUT2D eigenvalue weighted by Gasteiger charge is -2.23. The number of benzene rings is 2. The summed E-state index contributed by atoms with van der Waals surface area (Å²) in [5, 5.41) is 25.6. The smallest absolute Gasteiger partial charge is 0.229 e. The van der Waals surface area contributed by atoms with E-state index in [1.807, 2.05) is 69.3 Å². The molecule has 0 bridgehead atoms. The summed E-state index contributed by atoms with van der Waals surface area (Å²) in [5.41, 5.74) is 2.55. The Morgan fingerprint density at radius 3 is 2.42 bits per heavy atom. The molecule has 3 rings (SSSR count). The fraction of sp³-hybridized carbons (Fsp3) is 0.320. The Hall–Kier alpha value is -3.99. The molecule has 170 valence electrons. The van der Waals surface area contributed by atoms with Gasteiger partial charge in [0.15, 0.2) is 5.82 Å². The monoisotopic (exact) mass is 443 g/mol. The minimum absolute atomic E-state index is 0.123. The molecule has 1 heterocycles. The Labute approximate surface area is 194 Å². The average Bonchev–Trinajstić information content (AvgIpc) is 3.22. The molecule has 1 aromatic heterocycles. The predicted molar refractivity (Wildman–Crippen MR) is 131 cm³/mol. The van der Waals surface area contributed by atoms with Crippen molar-refractivity contribution in [2.24, 2.45) is 15.6 Å². The van der Waals surface area contributed by atoms with E-state index in [1.54, 1.807) is 4.68 Å². The van der Waals surface area contributed by atoms with Gasteiger partial charge < -0.3 is 10.2 Å². The first-order valence-corrected chi connectivity index (χ1v) is 10.9. The van der Waals surface area contributed by atoms with E-state index in [4.69, 9.17) is 0 Å². The van der Waals surface area contributed by atoms with Gasteiger partial charge in [0.25, 0.3) is 0 Å². The molecule has 33 heavy (non-hydrogen) atoms. The van der Waals surface area contributed by atoms with Crippen LogP contribution in [0, 0.1) is 16.7 Å². The number of carbonyl (C=O) groups is 1. The van der Waals surface area contributed by atoms with Crippen molar-refractivity contribution in [2.45, 2.75) is 34.6 Å². The fourth-order valence-corrected chi connectivity index (χ4v) is 3.18. The molecule has 0 aliphatic rings. The van der Waals surface area contributed by atoms with Crippen LogP contribution in [0.4, 0.5) is 22.9 Å². The van der Waals surface area contributed by atoms with E-state index >= 15 is 0 Å². The lowest BCUT2D eigenvalue weighted by atomic mass is 9.95. The third-order valence-electron chi connectivity index (χ3n) is 5.16. The summed E-state index contributed by atoms with van der Waals surface area (Å²) in [5.74, 6) is 0.201. The van der Waals surface area contributed by atoms with Crippen LogP contribution in [0.3, 0.4) is 0 Å². The molecule has 0 saturated heterocycles. The zero-order valence-corrected chi connectivity index (χ0v) is 19.7. The zero-order chi connectivity index (χ0) is 24.0. The first-order valence-electron chi connectivity index (χ1n) is 10.9. The maximum absolute atomic E-state index is 12.7. The van der Waals surface area contributed by atoms with Crippen molar-refractivity contribution in [3.05, 3.63) is 60.3 Å². The summed E-state index contributed by atoms with van der Waals surface area (Å²) < 4.78 is 1.57. The Balaban J connectivity index is 2.05. The Bertz CT molecular complexity index is 1180. The molecule has 0 unspecified atom stereocenters. The maximum atomic E-state index is 12.7. The topological polar surface area (TPSA) is 98.7 Å². The minimum Gasteiger partial charge on any atom is -0.372 e. The summed E-state index contributed by atoms with van der Waals surface area (Å²) in [4.78, 5) is 14.9. The van der Waals surface area contributed by atoms with Crippen LogP contribution in [0.2, 0.25) is 0 Å². The first-order chi connectivity index (χ1) is 15.8. The SMILES string of the molecule is CCN(CC)c1ccc(N=Nc2c(C#N)cnn2-c2ccccc2)c(NC(=O)C(C)(C)C)c1. The number of carbonyl (C=O) groups excluding carboxylic acids is 1. The Morgan fingerprint density at radius 2 is 1.82 bits per heavy atom. The molecule has 2 aromatic carbocycles. The van der Waals surface area contributed by atoms with Gasteiger partial charge >= 0.3 is 0 Å². The molecular weight excluding hydrogens is 414 g/mol. The first kappa shape index (κ1) is 23.7. The number of azo groups is 1. The van der Waals surface area contributed by atoms with E-state index in [9.17, 15) is 10.1 Å². The zero-order valence-electron chi connectivity index (χ0n) is 19.7. The highest BCUT2D eigenvalue weighted by atomic mass is 16.2. The predicted octanol–water partition coefficient (Wildman–Crippen LogP) is 5.99. The van der Waals surface area contributed by atoms with Crippen molar-refractivity contribution in [1.82, 2.24) is 9.78 Å². The highest BCUT2D eigenvalue weighted by Crippen LogP contribution is 2.33. The molecule has 0 radical (unpaired) electrons. The number of rotatable bonds is 7. The number of aromatic nitrogens is 2. The number of hydrogen-bond acceptors (Lipinski definition) is 6. The normalized spacial score (nSPS) is 11.4. The van der Waals surface area contributed by atoms with E-state index < -0.39 is 5.41 Å². The van der Waals surface area contributed by atoms with Crippen molar-refractivity contribution < 1.29 is 4.79 Å². The summed E-state index contributed by atoms with van der Waals surface area (Å²) in [6.07, 6.45) is 1.47. The molecule has 8 nitrogen and oxygen atoms in total. The van der Waals surface area contributed by atoms with Gasteiger partial charge in [-0.3, -0.25) is 4.79 Å². The standard InChI is InChI=1S/C25H29N7O/c1-6-31(7-2)20-13-14-21(22(15-20)28-24(33)25(3,4)5)29-30-23-18(16-26)17-27-32(23)19-11-9-8-10-12-19/h8-15,17H,6-7H2,1-5H3,(H,28,33). The van der Waals surface area contributed by atoms with E-state index in [0.29, 0.717) is 22.8 Å².